The Labute approximate surface area is 187 Å². The summed E-state index contributed by atoms with van der Waals surface area (Å²) in [5, 5.41) is 1.46. The Morgan fingerprint density at radius 2 is 1.71 bits per heavy atom. The fourth-order valence-corrected chi connectivity index (χ4v) is 13.1. The van der Waals surface area contributed by atoms with E-state index in [0.29, 0.717) is 3.63 Å². The van der Waals surface area contributed by atoms with Crippen molar-refractivity contribution < 1.29 is 46.1 Å². The maximum atomic E-state index is 2.43. The molecular weight excluding hydrogens is 464 g/mol. The molecule has 4 heteroatoms. The van der Waals surface area contributed by atoms with Gasteiger partial charge in [0.1, 0.15) is 0 Å². The maximum absolute atomic E-state index is 2.43. The molecule has 2 aliphatic carbocycles. The van der Waals surface area contributed by atoms with Crippen molar-refractivity contribution in [3.8, 4) is 11.3 Å². The minimum absolute atomic E-state index is 0. The van der Waals surface area contributed by atoms with E-state index < -0.39 is 21.3 Å². The van der Waals surface area contributed by atoms with Crippen LogP contribution in [0.1, 0.15) is 35.0 Å². The zero-order valence-electron chi connectivity index (χ0n) is 16.3. The van der Waals surface area contributed by atoms with Crippen LogP contribution in [-0.4, -0.2) is 7.77 Å². The second kappa shape index (κ2) is 8.27. The molecule has 0 spiro atoms. The predicted molar refractivity (Wildman–Crippen MR) is 108 cm³/mol. The number of hydrogen-bond donors (Lipinski definition) is 0. The quantitative estimate of drug-likeness (QED) is 0.477. The first-order chi connectivity index (χ1) is 12.7. The Hall–Kier alpha value is -1.21. The van der Waals surface area contributed by atoms with Gasteiger partial charge in [-0.3, -0.25) is 0 Å². The van der Waals surface area contributed by atoms with Gasteiger partial charge in [0.15, 0.2) is 0 Å². The van der Waals surface area contributed by atoms with Crippen LogP contribution in [0.2, 0.25) is 0 Å². The van der Waals surface area contributed by atoms with Crippen molar-refractivity contribution in [1.29, 1.82) is 0 Å². The number of benzene rings is 2. The third kappa shape index (κ3) is 3.05. The van der Waals surface area contributed by atoms with Crippen LogP contribution in [0.5, 0.6) is 0 Å². The van der Waals surface area contributed by atoms with E-state index >= 15 is 0 Å². The number of nitrogens with zero attached hydrogens (tertiary/aromatic N) is 1. The number of aryl methyl sites for hydroxylation is 1. The molecule has 1 aromatic heterocycles. The fourth-order valence-electron chi connectivity index (χ4n) is 4.90. The number of para-hydroxylation sites is 1. The standard InChI is InChI=1S/C16H12N.C5H5.C3H6.2ClH.Zr/c1-17-15-9-5-4-8-13(15)14-10-11-6-2-3-7-12(11)16(14)17;1-2-4-5-3-1;1-3-2;;;/h2-10H,1H3;1-3H,4H2;1-2H3;2*1H;/q;;;;;+2/p-2. The minimum Gasteiger partial charge on any atom is -1.00 e. The van der Waals surface area contributed by atoms with Crippen LogP contribution in [-0.2, 0) is 28.3 Å². The normalized spacial score (nSPS) is 15.8. The average Bonchev–Trinajstić information content (AvgIpc) is 3.34. The third-order valence-corrected chi connectivity index (χ3v) is 14.1. The molecular formula is C24H23Cl2NZr. The zero-order valence-corrected chi connectivity index (χ0v) is 20.3. The maximum Gasteiger partial charge on any atom is -1.00 e. The average molecular weight is 488 g/mol. The molecule has 28 heavy (non-hydrogen) atoms. The van der Waals surface area contributed by atoms with E-state index in [9.17, 15) is 0 Å². The Morgan fingerprint density at radius 3 is 2.43 bits per heavy atom. The molecule has 0 radical (unpaired) electrons. The number of allylic oxidation sites excluding steroid dienone is 4. The molecule has 2 aliphatic rings. The smallest absolute Gasteiger partial charge is 1.00 e. The van der Waals surface area contributed by atoms with E-state index in [1.165, 1.54) is 28.6 Å². The van der Waals surface area contributed by atoms with Crippen molar-refractivity contribution in [3.63, 3.8) is 0 Å². The number of rotatable bonds is 2. The monoisotopic (exact) mass is 485 g/mol. The van der Waals surface area contributed by atoms with Gasteiger partial charge < -0.3 is 24.8 Å². The van der Waals surface area contributed by atoms with Gasteiger partial charge in [0, 0.05) is 0 Å². The Bertz CT molecular complexity index is 1150. The van der Waals surface area contributed by atoms with Crippen molar-refractivity contribution in [3.05, 3.63) is 81.2 Å². The summed E-state index contributed by atoms with van der Waals surface area (Å²) in [6.07, 6.45) is 8.19. The van der Waals surface area contributed by atoms with Gasteiger partial charge in [-0.25, -0.2) is 0 Å². The van der Waals surface area contributed by atoms with Crippen LogP contribution in [0.4, 0.5) is 0 Å². The van der Waals surface area contributed by atoms with E-state index in [4.69, 9.17) is 0 Å². The summed E-state index contributed by atoms with van der Waals surface area (Å²) in [6.45, 7) is 4.78. The summed E-state index contributed by atoms with van der Waals surface area (Å²) in [5.41, 5.74) is 7.46. The van der Waals surface area contributed by atoms with Gasteiger partial charge in [0.05, 0.1) is 0 Å². The summed E-state index contributed by atoms with van der Waals surface area (Å²) < 4.78 is 6.47. The molecule has 0 fully saturated rings. The van der Waals surface area contributed by atoms with Gasteiger partial charge in [-0.05, 0) is 0 Å². The summed E-state index contributed by atoms with van der Waals surface area (Å²) in [5.74, 6) is 0. The molecule has 1 heterocycles. The van der Waals surface area contributed by atoms with E-state index in [1.54, 1.807) is 17.6 Å². The molecule has 0 bridgehead atoms. The van der Waals surface area contributed by atoms with Crippen molar-refractivity contribution in [2.75, 3.05) is 0 Å². The summed E-state index contributed by atoms with van der Waals surface area (Å²) >= 11 is -2.00. The summed E-state index contributed by atoms with van der Waals surface area (Å²) in [6, 6.07) is 18.1. The zero-order chi connectivity index (χ0) is 17.8. The number of fused-ring (bicyclic) bond motifs is 5. The Balaban J connectivity index is 0.00000112. The fraction of sp³-hybridized carbons (Fsp3) is 0.208. The predicted octanol–water partition coefficient (Wildman–Crippen LogP) is -0.0697. The molecule has 0 N–H and O–H groups in total. The van der Waals surface area contributed by atoms with Crippen molar-refractivity contribution in [2.24, 2.45) is 7.05 Å². The van der Waals surface area contributed by atoms with Gasteiger partial charge >= 0.3 is 163 Å². The molecule has 3 aromatic rings. The van der Waals surface area contributed by atoms with Crippen molar-refractivity contribution in [1.82, 2.24) is 4.57 Å². The van der Waals surface area contributed by atoms with Crippen LogP contribution in [0.25, 0.3) is 22.2 Å². The molecule has 1 nitrogen and oxygen atoms in total. The number of hydrogen-bond acceptors (Lipinski definition) is 0. The largest absolute Gasteiger partial charge is 1.00 e. The van der Waals surface area contributed by atoms with E-state index in [-0.39, 0.29) is 24.8 Å². The van der Waals surface area contributed by atoms with Crippen LogP contribution >= 0.6 is 0 Å². The van der Waals surface area contributed by atoms with Gasteiger partial charge in [-0.15, -0.1) is 0 Å². The summed E-state index contributed by atoms with van der Waals surface area (Å²) in [4.78, 5) is 0. The van der Waals surface area contributed by atoms with Gasteiger partial charge in [-0.1, -0.05) is 0 Å². The molecule has 142 valence electrons. The molecule has 2 aromatic carbocycles. The SMILES string of the molecule is C[C](C)=[Zr+2]([C]1=CC=CC1)[CH]1c2ccccc2-c2c1c1ccccc1n2C.[Cl-].[Cl-]. The van der Waals surface area contributed by atoms with Crippen LogP contribution in [0, 0.1) is 0 Å². The number of aromatic nitrogens is 1. The van der Waals surface area contributed by atoms with E-state index in [2.05, 4.69) is 92.2 Å². The molecule has 1 atom stereocenters. The second-order valence-corrected chi connectivity index (χ2v) is 15.1. The number of halogens is 2. The van der Waals surface area contributed by atoms with E-state index in [0.717, 1.165) is 0 Å². The molecule has 0 saturated carbocycles. The molecule has 5 rings (SSSR count). The van der Waals surface area contributed by atoms with Crippen LogP contribution < -0.4 is 24.8 Å². The molecule has 1 unspecified atom stereocenters. The second-order valence-electron chi connectivity index (χ2n) is 7.60. The van der Waals surface area contributed by atoms with Gasteiger partial charge in [0.2, 0.25) is 0 Å². The minimum atomic E-state index is -2.00. The first kappa shape index (κ1) is 21.5. The first-order valence-electron chi connectivity index (χ1n) is 9.38. The van der Waals surface area contributed by atoms with Gasteiger partial charge in [0.25, 0.3) is 0 Å². The molecule has 0 aliphatic heterocycles. The van der Waals surface area contributed by atoms with Gasteiger partial charge in [-0.2, -0.15) is 0 Å². The van der Waals surface area contributed by atoms with Crippen molar-refractivity contribution in [2.45, 2.75) is 23.9 Å². The molecule has 0 amide bonds. The Morgan fingerprint density at radius 1 is 1.00 bits per heavy atom. The first-order valence-corrected chi connectivity index (χ1v) is 13.3. The third-order valence-electron chi connectivity index (χ3n) is 5.91. The Kier molecular flexibility index (Phi) is 6.35. The van der Waals surface area contributed by atoms with Crippen molar-refractivity contribution >= 4 is 14.1 Å². The molecule has 0 saturated heterocycles. The summed E-state index contributed by atoms with van der Waals surface area (Å²) in [7, 11) is 2.24. The van der Waals surface area contributed by atoms with E-state index in [1.807, 2.05) is 0 Å². The van der Waals surface area contributed by atoms with Crippen LogP contribution in [0.3, 0.4) is 0 Å². The topological polar surface area (TPSA) is 4.93 Å². The van der Waals surface area contributed by atoms with Crippen LogP contribution in [0.15, 0.2) is 70.0 Å².